The van der Waals surface area contributed by atoms with Crippen molar-refractivity contribution in [3.05, 3.63) is 42.2 Å². The lowest BCUT2D eigenvalue weighted by molar-refractivity contribution is 0.438. The van der Waals surface area contributed by atoms with Crippen LogP contribution in [0.25, 0.3) is 0 Å². The van der Waals surface area contributed by atoms with E-state index in [1.165, 1.54) is 49.3 Å². The number of nitrogens with one attached hydrogen (secondary N) is 2. The van der Waals surface area contributed by atoms with Gasteiger partial charge in [0.05, 0.1) is 11.9 Å². The number of benzene rings is 1. The zero-order valence-corrected chi connectivity index (χ0v) is 19.2. The highest BCUT2D eigenvalue weighted by atomic mass is 15.3. The Bertz CT molecular complexity index is 849. The molecule has 2 aromatic rings. The van der Waals surface area contributed by atoms with Gasteiger partial charge < -0.3 is 20.4 Å². The molecular weight excluding hydrogens is 386 g/mol. The number of hydrogen-bond donors (Lipinski definition) is 2. The smallest absolute Gasteiger partial charge is 0.191 e. The van der Waals surface area contributed by atoms with Crippen LogP contribution in [0.5, 0.6) is 0 Å². The van der Waals surface area contributed by atoms with Gasteiger partial charge >= 0.3 is 0 Å². The SMILES string of the molecule is CN=C(NCc1ccc(N2CCC(C)CC2)cc1)NC1CCCN(c2cnn(C)c2)C1. The Kier molecular flexibility index (Phi) is 6.99. The second-order valence-corrected chi connectivity index (χ2v) is 9.06. The van der Waals surface area contributed by atoms with Crippen molar-refractivity contribution in [3.8, 4) is 0 Å². The summed E-state index contributed by atoms with van der Waals surface area (Å²) in [5, 5.41) is 11.4. The summed E-state index contributed by atoms with van der Waals surface area (Å²) in [6.45, 7) is 7.53. The summed E-state index contributed by atoms with van der Waals surface area (Å²) >= 11 is 0. The second kappa shape index (κ2) is 10.1. The van der Waals surface area contributed by atoms with Crippen LogP contribution in [0.3, 0.4) is 0 Å². The van der Waals surface area contributed by atoms with Crippen LogP contribution >= 0.6 is 0 Å². The van der Waals surface area contributed by atoms with E-state index in [2.05, 4.69) is 67.9 Å². The lowest BCUT2D eigenvalue weighted by atomic mass is 9.99. The minimum absolute atomic E-state index is 0.379. The summed E-state index contributed by atoms with van der Waals surface area (Å²) in [6, 6.07) is 9.37. The van der Waals surface area contributed by atoms with Gasteiger partial charge in [0.2, 0.25) is 0 Å². The number of rotatable bonds is 5. The summed E-state index contributed by atoms with van der Waals surface area (Å²) < 4.78 is 1.87. The molecule has 0 bridgehead atoms. The fraction of sp³-hybridized carbons (Fsp3) is 0.583. The molecule has 0 aliphatic carbocycles. The van der Waals surface area contributed by atoms with Crippen molar-refractivity contribution < 1.29 is 0 Å². The standard InChI is InChI=1S/C24H37N7/c1-19-10-13-30(14-11-19)22-8-6-20(7-9-22)15-26-24(25-2)28-21-5-4-12-31(17-21)23-16-27-29(3)18-23/h6-9,16,18-19,21H,4-5,10-15,17H2,1-3H3,(H2,25,26,28). The maximum atomic E-state index is 4.45. The van der Waals surface area contributed by atoms with Gasteiger partial charge in [-0.15, -0.1) is 0 Å². The van der Waals surface area contributed by atoms with Crippen molar-refractivity contribution in [2.24, 2.45) is 18.0 Å². The van der Waals surface area contributed by atoms with E-state index in [1.54, 1.807) is 0 Å². The first-order valence-electron chi connectivity index (χ1n) is 11.7. The molecular formula is C24H37N7. The zero-order chi connectivity index (χ0) is 21.6. The fourth-order valence-electron chi connectivity index (χ4n) is 4.57. The zero-order valence-electron chi connectivity index (χ0n) is 19.2. The van der Waals surface area contributed by atoms with Gasteiger partial charge in [-0.2, -0.15) is 5.10 Å². The predicted octanol–water partition coefficient (Wildman–Crippen LogP) is 2.99. The molecule has 31 heavy (non-hydrogen) atoms. The van der Waals surface area contributed by atoms with Crippen LogP contribution in [0, 0.1) is 5.92 Å². The van der Waals surface area contributed by atoms with Crippen LogP contribution in [0.1, 0.15) is 38.2 Å². The number of anilines is 2. The number of aliphatic imine (C=N–C) groups is 1. The molecule has 2 saturated heterocycles. The highest BCUT2D eigenvalue weighted by molar-refractivity contribution is 5.80. The number of aromatic nitrogens is 2. The first-order valence-corrected chi connectivity index (χ1v) is 11.7. The molecule has 3 heterocycles. The lowest BCUT2D eigenvalue weighted by Crippen LogP contribution is -2.51. The average molecular weight is 424 g/mol. The molecule has 7 heteroatoms. The molecule has 1 aromatic carbocycles. The van der Waals surface area contributed by atoms with E-state index in [0.717, 1.165) is 37.9 Å². The normalized spacial score (nSPS) is 20.7. The summed E-state index contributed by atoms with van der Waals surface area (Å²) in [5.41, 5.74) is 3.81. The Morgan fingerprint density at radius 2 is 1.84 bits per heavy atom. The van der Waals surface area contributed by atoms with Gasteiger partial charge in [-0.3, -0.25) is 9.67 Å². The first kappa shape index (κ1) is 21.5. The average Bonchev–Trinajstić information content (AvgIpc) is 3.24. The molecule has 2 N–H and O–H groups in total. The number of guanidine groups is 1. The third-order valence-corrected chi connectivity index (χ3v) is 6.59. The minimum atomic E-state index is 0.379. The Morgan fingerprint density at radius 1 is 1.06 bits per heavy atom. The summed E-state index contributed by atoms with van der Waals surface area (Å²) in [7, 11) is 3.81. The van der Waals surface area contributed by atoms with Crippen LogP contribution in [0.4, 0.5) is 11.4 Å². The summed E-state index contributed by atoms with van der Waals surface area (Å²) in [5.74, 6) is 1.73. The van der Waals surface area contributed by atoms with Crippen LogP contribution < -0.4 is 20.4 Å². The maximum Gasteiger partial charge on any atom is 0.191 e. The number of aryl methyl sites for hydroxylation is 1. The minimum Gasteiger partial charge on any atom is -0.372 e. The molecule has 1 unspecified atom stereocenters. The molecule has 4 rings (SSSR count). The highest BCUT2D eigenvalue weighted by Crippen LogP contribution is 2.23. The molecule has 168 valence electrons. The second-order valence-electron chi connectivity index (χ2n) is 9.06. The van der Waals surface area contributed by atoms with Crippen LogP contribution in [-0.2, 0) is 13.6 Å². The van der Waals surface area contributed by atoms with Crippen molar-refractivity contribution in [1.29, 1.82) is 0 Å². The largest absolute Gasteiger partial charge is 0.372 e. The monoisotopic (exact) mass is 423 g/mol. The molecule has 2 aliphatic heterocycles. The topological polar surface area (TPSA) is 60.7 Å². The predicted molar refractivity (Wildman–Crippen MR) is 129 cm³/mol. The Balaban J connectivity index is 1.26. The molecule has 1 atom stereocenters. The molecule has 2 fully saturated rings. The van der Waals surface area contributed by atoms with Crippen LogP contribution in [-0.4, -0.2) is 55.0 Å². The first-order chi connectivity index (χ1) is 15.1. The Morgan fingerprint density at radius 3 is 2.52 bits per heavy atom. The van der Waals surface area contributed by atoms with E-state index in [-0.39, 0.29) is 0 Å². The van der Waals surface area contributed by atoms with Gasteiger partial charge in [0.25, 0.3) is 0 Å². The lowest BCUT2D eigenvalue weighted by Gasteiger charge is -2.34. The number of hydrogen-bond acceptors (Lipinski definition) is 4. The van der Waals surface area contributed by atoms with E-state index in [4.69, 9.17) is 0 Å². The number of nitrogens with zero attached hydrogens (tertiary/aromatic N) is 5. The number of piperidine rings is 2. The van der Waals surface area contributed by atoms with Gasteiger partial charge in [0.15, 0.2) is 5.96 Å². The van der Waals surface area contributed by atoms with Gasteiger partial charge in [-0.25, -0.2) is 0 Å². The molecule has 0 radical (unpaired) electrons. The van der Waals surface area contributed by atoms with Gasteiger partial charge in [-0.05, 0) is 49.3 Å². The van der Waals surface area contributed by atoms with Crippen molar-refractivity contribution in [3.63, 3.8) is 0 Å². The van der Waals surface area contributed by atoms with Gasteiger partial charge in [0.1, 0.15) is 0 Å². The van der Waals surface area contributed by atoms with Crippen molar-refractivity contribution >= 4 is 17.3 Å². The Hall–Kier alpha value is -2.70. The fourth-order valence-corrected chi connectivity index (χ4v) is 4.57. The van der Waals surface area contributed by atoms with E-state index in [0.29, 0.717) is 6.04 Å². The Labute approximate surface area is 186 Å². The van der Waals surface area contributed by atoms with Crippen molar-refractivity contribution in [2.45, 2.75) is 45.2 Å². The quantitative estimate of drug-likeness (QED) is 0.572. The van der Waals surface area contributed by atoms with E-state index in [1.807, 2.05) is 25.0 Å². The molecule has 0 saturated carbocycles. The molecule has 0 amide bonds. The third kappa shape index (κ3) is 5.71. The van der Waals surface area contributed by atoms with E-state index >= 15 is 0 Å². The van der Waals surface area contributed by atoms with E-state index < -0.39 is 0 Å². The molecule has 1 aromatic heterocycles. The molecule has 0 spiro atoms. The van der Waals surface area contributed by atoms with Crippen LogP contribution in [0.15, 0.2) is 41.7 Å². The molecule has 2 aliphatic rings. The highest BCUT2D eigenvalue weighted by Gasteiger charge is 2.22. The van der Waals surface area contributed by atoms with Crippen molar-refractivity contribution in [1.82, 2.24) is 20.4 Å². The van der Waals surface area contributed by atoms with Crippen molar-refractivity contribution in [2.75, 3.05) is 43.0 Å². The third-order valence-electron chi connectivity index (χ3n) is 6.59. The maximum absolute atomic E-state index is 4.45. The van der Waals surface area contributed by atoms with Gasteiger partial charge in [0, 0.05) is 64.7 Å². The van der Waals surface area contributed by atoms with Gasteiger partial charge in [-0.1, -0.05) is 19.1 Å². The summed E-state index contributed by atoms with van der Waals surface area (Å²) in [6.07, 6.45) is 8.95. The molecule has 7 nitrogen and oxygen atoms in total. The van der Waals surface area contributed by atoms with E-state index in [9.17, 15) is 0 Å². The van der Waals surface area contributed by atoms with Crippen LogP contribution in [0.2, 0.25) is 0 Å². The summed E-state index contributed by atoms with van der Waals surface area (Å²) in [4.78, 5) is 9.36.